The van der Waals surface area contributed by atoms with Crippen molar-refractivity contribution in [1.82, 2.24) is 10.2 Å². The quantitative estimate of drug-likeness (QED) is 0.903. The molecule has 5 heteroatoms. The maximum atomic E-state index is 12.0. The third kappa shape index (κ3) is 3.22. The smallest absolute Gasteiger partial charge is 0.223 e. The summed E-state index contributed by atoms with van der Waals surface area (Å²) in [6.07, 6.45) is 2.11. The summed E-state index contributed by atoms with van der Waals surface area (Å²) < 4.78 is 5.45. The molecule has 1 N–H and O–H groups in total. The number of amides is 1. The maximum Gasteiger partial charge on any atom is 0.223 e. The second-order valence-corrected chi connectivity index (χ2v) is 6.66. The molecule has 2 fully saturated rings. The van der Waals surface area contributed by atoms with Crippen molar-refractivity contribution in [3.63, 3.8) is 0 Å². The molecule has 1 saturated carbocycles. The number of hydrogen-bond acceptors (Lipinski definition) is 4. The fourth-order valence-corrected chi connectivity index (χ4v) is 3.79. The lowest BCUT2D eigenvalue weighted by Gasteiger charge is -2.37. The molecule has 1 aromatic heterocycles. The largest absolute Gasteiger partial charge is 0.379 e. The van der Waals surface area contributed by atoms with Gasteiger partial charge in [0.15, 0.2) is 0 Å². The van der Waals surface area contributed by atoms with Crippen molar-refractivity contribution in [1.29, 1.82) is 0 Å². The molecule has 2 atom stereocenters. The third-order valence-electron chi connectivity index (χ3n) is 4.07. The summed E-state index contributed by atoms with van der Waals surface area (Å²) in [5.74, 6) is 0.499. The van der Waals surface area contributed by atoms with E-state index in [0.717, 1.165) is 39.1 Å². The van der Waals surface area contributed by atoms with E-state index in [1.165, 1.54) is 4.88 Å². The molecule has 1 aromatic rings. The van der Waals surface area contributed by atoms with Crippen LogP contribution in [0.4, 0.5) is 0 Å². The van der Waals surface area contributed by atoms with Crippen molar-refractivity contribution < 1.29 is 9.53 Å². The van der Waals surface area contributed by atoms with E-state index in [2.05, 4.69) is 34.7 Å². The van der Waals surface area contributed by atoms with Gasteiger partial charge in [0, 0.05) is 29.9 Å². The van der Waals surface area contributed by atoms with E-state index in [-0.39, 0.29) is 23.9 Å². The van der Waals surface area contributed by atoms with E-state index < -0.39 is 0 Å². The average Bonchev–Trinajstić information content (AvgIpc) is 3.18. The van der Waals surface area contributed by atoms with Crippen molar-refractivity contribution in [2.24, 2.45) is 5.92 Å². The van der Waals surface area contributed by atoms with Crippen LogP contribution in [0.3, 0.4) is 0 Å². The summed E-state index contributed by atoms with van der Waals surface area (Å²) in [7, 11) is 0. The molecule has 3 rings (SSSR count). The van der Waals surface area contributed by atoms with Crippen LogP contribution in [0.15, 0.2) is 17.5 Å². The second-order valence-electron chi connectivity index (χ2n) is 5.68. The minimum absolute atomic E-state index is 0.139. The van der Waals surface area contributed by atoms with Crippen molar-refractivity contribution in [2.75, 3.05) is 26.3 Å². The number of ether oxygens (including phenoxy) is 1. The number of carbonyl (C=O) groups excluding carboxylic acids is 1. The van der Waals surface area contributed by atoms with Gasteiger partial charge < -0.3 is 10.1 Å². The fourth-order valence-electron chi connectivity index (χ4n) is 2.82. The first kappa shape index (κ1) is 14.0. The Kier molecular flexibility index (Phi) is 4.38. The van der Waals surface area contributed by atoms with Crippen LogP contribution in [0.5, 0.6) is 0 Å². The number of nitrogens with zero attached hydrogens (tertiary/aromatic N) is 1. The fraction of sp³-hybridized carbons (Fsp3) is 0.667. The highest BCUT2D eigenvalue weighted by Crippen LogP contribution is 2.32. The molecule has 1 amide bonds. The Hall–Kier alpha value is -0.910. The van der Waals surface area contributed by atoms with Crippen LogP contribution < -0.4 is 5.32 Å². The van der Waals surface area contributed by atoms with E-state index in [4.69, 9.17) is 4.74 Å². The first-order valence-electron chi connectivity index (χ1n) is 7.41. The van der Waals surface area contributed by atoms with Gasteiger partial charge in [-0.25, -0.2) is 0 Å². The molecule has 110 valence electrons. The zero-order valence-corrected chi connectivity index (χ0v) is 12.7. The summed E-state index contributed by atoms with van der Waals surface area (Å²) in [6, 6.07) is 4.66. The Morgan fingerprint density at radius 3 is 2.80 bits per heavy atom. The van der Waals surface area contributed by atoms with Gasteiger partial charge in [-0.05, 0) is 31.2 Å². The lowest BCUT2D eigenvalue weighted by Crippen LogP contribution is -2.48. The lowest BCUT2D eigenvalue weighted by atomic mass is 10.1. The number of morpholine rings is 1. The SMILES string of the molecule is C[C@H](NC(=O)C1CC1)[C@H](c1cccs1)N1CCOCC1. The highest BCUT2D eigenvalue weighted by Gasteiger charge is 2.34. The molecule has 1 aliphatic carbocycles. The standard InChI is InChI=1S/C15H22N2O2S/c1-11(16-15(18)12-4-5-12)14(13-3-2-10-20-13)17-6-8-19-9-7-17/h2-3,10-12,14H,4-9H2,1H3,(H,16,18)/t11-,14+/m0/s1. The average molecular weight is 294 g/mol. The molecule has 1 aliphatic heterocycles. The van der Waals surface area contributed by atoms with Gasteiger partial charge in [0.2, 0.25) is 5.91 Å². The number of thiophene rings is 1. The zero-order chi connectivity index (χ0) is 13.9. The molecule has 1 saturated heterocycles. The molecule has 0 spiro atoms. The van der Waals surface area contributed by atoms with Gasteiger partial charge in [0.1, 0.15) is 0 Å². The van der Waals surface area contributed by atoms with Crippen molar-refractivity contribution >= 4 is 17.2 Å². The number of nitrogens with one attached hydrogen (secondary N) is 1. The lowest BCUT2D eigenvalue weighted by molar-refractivity contribution is -0.123. The number of rotatable bonds is 5. The monoisotopic (exact) mass is 294 g/mol. The molecule has 0 radical (unpaired) electrons. The van der Waals surface area contributed by atoms with Crippen molar-refractivity contribution in [3.8, 4) is 0 Å². The maximum absolute atomic E-state index is 12.0. The van der Waals surface area contributed by atoms with Gasteiger partial charge >= 0.3 is 0 Å². The Morgan fingerprint density at radius 2 is 2.20 bits per heavy atom. The van der Waals surface area contributed by atoms with Crippen LogP contribution in [0.2, 0.25) is 0 Å². The normalized spacial score (nSPS) is 23.2. The Bertz CT molecular complexity index is 439. The molecule has 0 aromatic carbocycles. The Labute approximate surface area is 124 Å². The van der Waals surface area contributed by atoms with E-state index in [1.54, 1.807) is 11.3 Å². The van der Waals surface area contributed by atoms with Crippen molar-refractivity contribution in [3.05, 3.63) is 22.4 Å². The predicted molar refractivity (Wildman–Crippen MR) is 79.8 cm³/mol. The minimum Gasteiger partial charge on any atom is -0.379 e. The van der Waals surface area contributed by atoms with Crippen LogP contribution in [-0.4, -0.2) is 43.2 Å². The number of carbonyl (C=O) groups is 1. The minimum atomic E-state index is 0.139. The van der Waals surface area contributed by atoms with Gasteiger partial charge in [-0.1, -0.05) is 6.07 Å². The van der Waals surface area contributed by atoms with Gasteiger partial charge in [0.05, 0.1) is 19.3 Å². The topological polar surface area (TPSA) is 41.6 Å². The van der Waals surface area contributed by atoms with E-state index >= 15 is 0 Å². The van der Waals surface area contributed by atoms with Gasteiger partial charge in [-0.2, -0.15) is 0 Å². The molecular formula is C15H22N2O2S. The highest BCUT2D eigenvalue weighted by molar-refractivity contribution is 7.10. The highest BCUT2D eigenvalue weighted by atomic mass is 32.1. The molecule has 4 nitrogen and oxygen atoms in total. The molecule has 2 aliphatic rings. The van der Waals surface area contributed by atoms with Crippen LogP contribution in [0.1, 0.15) is 30.7 Å². The summed E-state index contributed by atoms with van der Waals surface area (Å²) in [4.78, 5) is 15.8. The molecular weight excluding hydrogens is 272 g/mol. The van der Waals surface area contributed by atoms with E-state index in [0.29, 0.717) is 0 Å². The van der Waals surface area contributed by atoms with Crippen molar-refractivity contribution in [2.45, 2.75) is 31.8 Å². The Morgan fingerprint density at radius 1 is 1.45 bits per heavy atom. The number of hydrogen-bond donors (Lipinski definition) is 1. The summed E-state index contributed by atoms with van der Waals surface area (Å²) in [6.45, 7) is 5.56. The van der Waals surface area contributed by atoms with Crippen LogP contribution in [0.25, 0.3) is 0 Å². The summed E-state index contributed by atoms with van der Waals surface area (Å²) in [5.41, 5.74) is 0. The zero-order valence-electron chi connectivity index (χ0n) is 11.9. The molecule has 2 heterocycles. The Balaban J connectivity index is 1.71. The van der Waals surface area contributed by atoms with E-state index in [9.17, 15) is 4.79 Å². The first-order chi connectivity index (χ1) is 9.75. The van der Waals surface area contributed by atoms with E-state index in [1.807, 2.05) is 0 Å². The van der Waals surface area contributed by atoms with Crippen LogP contribution in [-0.2, 0) is 9.53 Å². The molecule has 20 heavy (non-hydrogen) atoms. The first-order valence-corrected chi connectivity index (χ1v) is 8.29. The van der Waals surface area contributed by atoms with Gasteiger partial charge in [-0.15, -0.1) is 11.3 Å². The van der Waals surface area contributed by atoms with Gasteiger partial charge in [-0.3, -0.25) is 9.69 Å². The molecule has 0 unspecified atom stereocenters. The summed E-state index contributed by atoms with van der Waals surface area (Å²) in [5, 5.41) is 5.32. The second kappa shape index (κ2) is 6.24. The predicted octanol–water partition coefficient (Wildman–Crippen LogP) is 2.04. The molecule has 0 bridgehead atoms. The van der Waals surface area contributed by atoms with Crippen LogP contribution >= 0.6 is 11.3 Å². The third-order valence-corrected chi connectivity index (χ3v) is 5.01. The van der Waals surface area contributed by atoms with Crippen LogP contribution in [0, 0.1) is 5.92 Å². The summed E-state index contributed by atoms with van der Waals surface area (Å²) >= 11 is 1.77. The van der Waals surface area contributed by atoms with Gasteiger partial charge in [0.25, 0.3) is 0 Å².